The van der Waals surface area contributed by atoms with E-state index in [4.69, 9.17) is 9.47 Å². The van der Waals surface area contributed by atoms with Gasteiger partial charge in [-0.25, -0.2) is 0 Å². The van der Waals surface area contributed by atoms with Gasteiger partial charge in [-0.15, -0.1) is 0 Å². The molecule has 1 fully saturated rings. The number of amides is 2. The van der Waals surface area contributed by atoms with Crippen molar-refractivity contribution >= 4 is 11.8 Å². The smallest absolute Gasteiger partial charge is 0.253 e. The second-order valence-corrected chi connectivity index (χ2v) is 6.98. The van der Waals surface area contributed by atoms with Gasteiger partial charge in [0.1, 0.15) is 6.10 Å². The van der Waals surface area contributed by atoms with Crippen molar-refractivity contribution in [1.82, 2.24) is 4.90 Å². The summed E-state index contributed by atoms with van der Waals surface area (Å²) in [5, 5.41) is 0. The lowest BCUT2D eigenvalue weighted by atomic mass is 10.1. The van der Waals surface area contributed by atoms with E-state index < -0.39 is 0 Å². The van der Waals surface area contributed by atoms with Crippen molar-refractivity contribution in [2.24, 2.45) is 11.8 Å². The quantitative estimate of drug-likeness (QED) is 0.676. The lowest BCUT2D eigenvalue weighted by Crippen LogP contribution is -2.48. The Morgan fingerprint density at radius 1 is 1.00 bits per heavy atom. The molecule has 5 heteroatoms. The van der Waals surface area contributed by atoms with Crippen molar-refractivity contribution in [2.45, 2.75) is 58.8 Å². The average molecular weight is 309 g/mol. The minimum atomic E-state index is -0.238. The predicted octanol–water partition coefficient (Wildman–Crippen LogP) is 2.16. The summed E-state index contributed by atoms with van der Waals surface area (Å²) >= 11 is 0. The normalized spacial score (nSPS) is 28.6. The maximum Gasteiger partial charge on any atom is 0.253 e. The zero-order valence-electron chi connectivity index (χ0n) is 14.0. The Balaban J connectivity index is 2.07. The van der Waals surface area contributed by atoms with Crippen molar-refractivity contribution in [3.05, 3.63) is 12.2 Å². The number of hydrogen-bond donors (Lipinski definition) is 0. The standard InChI is InChI=1S/C17H27NO4/c1-11(2)9-21-14-6-5-13(17(14)22-10-12(3)4)18-15(19)7-8-16(18)20/h7-8,11-14,17H,5-6,9-10H2,1-4H3/t13-,14-,17-/m0/s1. The molecule has 1 aliphatic carbocycles. The van der Waals surface area contributed by atoms with Crippen LogP contribution in [-0.2, 0) is 19.1 Å². The first-order chi connectivity index (χ1) is 10.4. The van der Waals surface area contributed by atoms with Gasteiger partial charge in [0.05, 0.1) is 12.1 Å². The van der Waals surface area contributed by atoms with Crippen LogP contribution in [0.5, 0.6) is 0 Å². The fourth-order valence-corrected chi connectivity index (χ4v) is 2.94. The summed E-state index contributed by atoms with van der Waals surface area (Å²) in [6.45, 7) is 9.65. The number of ether oxygens (including phenoxy) is 2. The summed E-state index contributed by atoms with van der Waals surface area (Å²) < 4.78 is 12.0. The molecule has 1 saturated carbocycles. The van der Waals surface area contributed by atoms with Crippen LogP contribution < -0.4 is 0 Å². The van der Waals surface area contributed by atoms with Crippen molar-refractivity contribution in [3.63, 3.8) is 0 Å². The summed E-state index contributed by atoms with van der Waals surface area (Å²) in [6.07, 6.45) is 3.96. The Kier molecular flexibility index (Phi) is 5.75. The zero-order valence-corrected chi connectivity index (χ0v) is 14.0. The molecule has 0 aromatic carbocycles. The Morgan fingerprint density at radius 3 is 2.09 bits per heavy atom. The average Bonchev–Trinajstić information content (AvgIpc) is 2.97. The van der Waals surface area contributed by atoms with E-state index in [9.17, 15) is 9.59 Å². The third-order valence-electron chi connectivity index (χ3n) is 3.93. The topological polar surface area (TPSA) is 55.8 Å². The van der Waals surface area contributed by atoms with E-state index in [-0.39, 0.29) is 30.1 Å². The van der Waals surface area contributed by atoms with E-state index in [2.05, 4.69) is 27.7 Å². The molecule has 2 aliphatic rings. The Bertz CT molecular complexity index is 426. The largest absolute Gasteiger partial charge is 0.375 e. The molecule has 22 heavy (non-hydrogen) atoms. The van der Waals surface area contributed by atoms with Crippen molar-refractivity contribution < 1.29 is 19.1 Å². The number of nitrogens with zero attached hydrogens (tertiary/aromatic N) is 1. The highest BCUT2D eigenvalue weighted by atomic mass is 16.5. The van der Waals surface area contributed by atoms with Gasteiger partial charge in [-0.05, 0) is 24.7 Å². The van der Waals surface area contributed by atoms with Crippen molar-refractivity contribution in [2.75, 3.05) is 13.2 Å². The van der Waals surface area contributed by atoms with Crippen LogP contribution in [0, 0.1) is 11.8 Å². The number of rotatable bonds is 7. The van der Waals surface area contributed by atoms with E-state index in [0.717, 1.165) is 12.8 Å². The Morgan fingerprint density at radius 2 is 1.55 bits per heavy atom. The molecule has 3 atom stereocenters. The van der Waals surface area contributed by atoms with Gasteiger partial charge in [-0.3, -0.25) is 14.5 Å². The van der Waals surface area contributed by atoms with Gasteiger partial charge in [0.15, 0.2) is 0 Å². The van der Waals surface area contributed by atoms with E-state index in [1.54, 1.807) is 0 Å². The molecular formula is C17H27NO4. The first kappa shape index (κ1) is 17.2. The monoisotopic (exact) mass is 309 g/mol. The highest BCUT2D eigenvalue weighted by molar-refractivity contribution is 6.13. The SMILES string of the molecule is CC(C)CO[C@@H]1[C@@H](OCC(C)C)CC[C@@H]1N1C(=O)C=CC1=O. The summed E-state index contributed by atoms with van der Waals surface area (Å²) in [6, 6.07) is -0.217. The molecule has 0 bridgehead atoms. The fourth-order valence-electron chi connectivity index (χ4n) is 2.94. The van der Waals surface area contributed by atoms with Crippen molar-refractivity contribution in [1.29, 1.82) is 0 Å². The zero-order chi connectivity index (χ0) is 16.3. The molecule has 0 aromatic rings. The minimum Gasteiger partial charge on any atom is -0.375 e. The number of carbonyl (C=O) groups is 2. The molecule has 2 rings (SSSR count). The molecule has 0 radical (unpaired) electrons. The molecule has 0 aromatic heterocycles. The van der Waals surface area contributed by atoms with E-state index in [1.807, 2.05) is 0 Å². The second kappa shape index (κ2) is 7.38. The van der Waals surface area contributed by atoms with Crippen LogP contribution in [-0.4, -0.2) is 48.2 Å². The molecule has 1 heterocycles. The van der Waals surface area contributed by atoms with Gasteiger partial charge in [-0.1, -0.05) is 27.7 Å². The van der Waals surface area contributed by atoms with Gasteiger partial charge in [0.25, 0.3) is 11.8 Å². The van der Waals surface area contributed by atoms with Crippen LogP contribution in [0.15, 0.2) is 12.2 Å². The van der Waals surface area contributed by atoms with Gasteiger partial charge in [-0.2, -0.15) is 0 Å². The second-order valence-electron chi connectivity index (χ2n) is 6.98. The number of imide groups is 1. The molecule has 0 saturated heterocycles. The molecule has 0 unspecified atom stereocenters. The number of carbonyl (C=O) groups excluding carboxylic acids is 2. The summed E-state index contributed by atoms with van der Waals surface area (Å²) in [5.74, 6) is 0.368. The summed E-state index contributed by atoms with van der Waals surface area (Å²) in [4.78, 5) is 25.2. The lowest BCUT2D eigenvalue weighted by Gasteiger charge is -2.31. The number of hydrogen-bond acceptors (Lipinski definition) is 4. The highest BCUT2D eigenvalue weighted by Crippen LogP contribution is 2.32. The van der Waals surface area contributed by atoms with Crippen LogP contribution in [0.3, 0.4) is 0 Å². The van der Waals surface area contributed by atoms with Crippen LogP contribution in [0.2, 0.25) is 0 Å². The molecule has 0 spiro atoms. The molecule has 5 nitrogen and oxygen atoms in total. The predicted molar refractivity (Wildman–Crippen MR) is 83.2 cm³/mol. The third-order valence-corrected chi connectivity index (χ3v) is 3.93. The minimum absolute atomic E-state index is 0.0488. The Labute approximate surface area is 132 Å². The highest BCUT2D eigenvalue weighted by Gasteiger charge is 2.45. The van der Waals surface area contributed by atoms with Crippen LogP contribution >= 0.6 is 0 Å². The molecule has 124 valence electrons. The third kappa shape index (κ3) is 3.96. The lowest BCUT2D eigenvalue weighted by molar-refractivity contribution is -0.146. The van der Waals surface area contributed by atoms with Crippen molar-refractivity contribution in [3.8, 4) is 0 Å². The van der Waals surface area contributed by atoms with E-state index in [1.165, 1.54) is 17.1 Å². The van der Waals surface area contributed by atoms with Crippen LogP contribution in [0.25, 0.3) is 0 Å². The summed E-state index contributed by atoms with van der Waals surface area (Å²) in [7, 11) is 0. The first-order valence-electron chi connectivity index (χ1n) is 8.18. The van der Waals surface area contributed by atoms with Gasteiger partial charge >= 0.3 is 0 Å². The summed E-state index contributed by atoms with van der Waals surface area (Å²) in [5.41, 5.74) is 0. The van der Waals surface area contributed by atoms with Gasteiger partial charge in [0.2, 0.25) is 0 Å². The van der Waals surface area contributed by atoms with Gasteiger partial charge < -0.3 is 9.47 Å². The maximum atomic E-state index is 12.0. The maximum absolute atomic E-state index is 12.0. The van der Waals surface area contributed by atoms with Gasteiger partial charge in [0, 0.05) is 25.4 Å². The molecule has 1 aliphatic heterocycles. The molecular weight excluding hydrogens is 282 g/mol. The van der Waals surface area contributed by atoms with Crippen LogP contribution in [0.4, 0.5) is 0 Å². The van der Waals surface area contributed by atoms with Crippen LogP contribution in [0.1, 0.15) is 40.5 Å². The van der Waals surface area contributed by atoms with E-state index >= 15 is 0 Å². The Hall–Kier alpha value is -1.20. The fraction of sp³-hybridized carbons (Fsp3) is 0.765. The first-order valence-corrected chi connectivity index (χ1v) is 8.18. The van der Waals surface area contributed by atoms with E-state index in [0.29, 0.717) is 25.0 Å². The molecule has 2 amide bonds. The molecule has 0 N–H and O–H groups in total.